The first-order valence-corrected chi connectivity index (χ1v) is 8.46. The molecule has 1 aliphatic heterocycles. The Morgan fingerprint density at radius 2 is 2.39 bits per heavy atom. The van der Waals surface area contributed by atoms with E-state index >= 15 is 0 Å². The Kier molecular flexibility index (Phi) is 3.16. The smallest absolute Gasteiger partial charge is 0.241 e. The number of thioether (sulfide) groups is 1. The Hall–Kier alpha value is -0.520. The molecular weight excluding hydrogens is 264 g/mol. The lowest BCUT2D eigenvalue weighted by atomic mass is 10.2. The summed E-state index contributed by atoms with van der Waals surface area (Å²) in [7, 11) is 0. The van der Waals surface area contributed by atoms with Crippen LogP contribution >= 0.6 is 23.1 Å². The minimum Gasteiger partial charge on any atom is -0.320 e. The van der Waals surface area contributed by atoms with E-state index in [2.05, 4.69) is 28.4 Å². The lowest BCUT2D eigenvalue weighted by Crippen LogP contribution is -2.37. The summed E-state index contributed by atoms with van der Waals surface area (Å²) in [6.45, 7) is 2.84. The van der Waals surface area contributed by atoms with Gasteiger partial charge in [0, 0.05) is 11.3 Å². The van der Waals surface area contributed by atoms with Crippen LogP contribution in [0.2, 0.25) is 0 Å². The highest BCUT2D eigenvalue weighted by molar-refractivity contribution is 8.00. The normalized spacial score (nSPS) is 29.9. The molecule has 0 spiro atoms. The van der Waals surface area contributed by atoms with Crippen molar-refractivity contribution in [3.05, 3.63) is 22.4 Å². The third-order valence-corrected chi connectivity index (χ3v) is 6.04. The zero-order valence-corrected chi connectivity index (χ0v) is 12.3. The summed E-state index contributed by atoms with van der Waals surface area (Å²) in [5.74, 6) is 0.242. The van der Waals surface area contributed by atoms with Crippen LogP contribution in [0.5, 0.6) is 0 Å². The summed E-state index contributed by atoms with van der Waals surface area (Å²) < 4.78 is 0.329. The van der Waals surface area contributed by atoms with E-state index in [1.54, 1.807) is 11.3 Å². The third kappa shape index (κ3) is 2.08. The molecule has 2 aliphatic rings. The Labute approximate surface area is 116 Å². The fraction of sp³-hybridized carbons (Fsp3) is 0.615. The van der Waals surface area contributed by atoms with Gasteiger partial charge < -0.3 is 4.90 Å². The van der Waals surface area contributed by atoms with Crippen molar-refractivity contribution in [2.24, 2.45) is 0 Å². The van der Waals surface area contributed by atoms with Gasteiger partial charge in [0.05, 0.1) is 6.04 Å². The monoisotopic (exact) mass is 282 g/mol. The van der Waals surface area contributed by atoms with E-state index in [1.165, 1.54) is 18.4 Å². The quantitative estimate of drug-likeness (QED) is 0.921. The van der Waals surface area contributed by atoms with Gasteiger partial charge in [-0.3, -0.25) is 10.1 Å². The van der Waals surface area contributed by atoms with Gasteiger partial charge in [-0.1, -0.05) is 0 Å². The van der Waals surface area contributed by atoms with E-state index in [1.807, 2.05) is 23.6 Å². The summed E-state index contributed by atoms with van der Waals surface area (Å²) >= 11 is 3.60. The van der Waals surface area contributed by atoms with Crippen LogP contribution in [-0.4, -0.2) is 34.4 Å². The van der Waals surface area contributed by atoms with Gasteiger partial charge >= 0.3 is 0 Å². The summed E-state index contributed by atoms with van der Waals surface area (Å²) in [4.78, 5) is 14.3. The predicted molar refractivity (Wildman–Crippen MR) is 76.9 cm³/mol. The molecule has 1 aromatic rings. The Balaban J connectivity index is 1.82. The molecule has 2 unspecified atom stereocenters. The van der Waals surface area contributed by atoms with Crippen molar-refractivity contribution in [2.45, 2.75) is 36.7 Å². The number of amides is 1. The summed E-state index contributed by atoms with van der Waals surface area (Å²) in [5.41, 5.74) is 1.22. The SMILES string of the molecule is CSC1(CN2C(=O)C(C)NC2c2ccsc2)CC1. The molecule has 3 rings (SSSR count). The zero-order valence-electron chi connectivity index (χ0n) is 10.7. The molecule has 1 aliphatic carbocycles. The van der Waals surface area contributed by atoms with Gasteiger partial charge in [0.25, 0.3) is 0 Å². The number of rotatable bonds is 4. The molecule has 1 saturated heterocycles. The second-order valence-corrected chi connectivity index (χ2v) is 7.26. The van der Waals surface area contributed by atoms with Gasteiger partial charge in [0.15, 0.2) is 0 Å². The van der Waals surface area contributed by atoms with Crippen molar-refractivity contribution < 1.29 is 4.79 Å². The standard InChI is InChI=1S/C13H18N2OS2/c1-9-12(16)15(8-13(17-2)4-5-13)11(14-9)10-3-6-18-7-10/h3,6-7,9,11,14H,4-5,8H2,1-2H3. The molecule has 3 nitrogen and oxygen atoms in total. The fourth-order valence-electron chi connectivity index (χ4n) is 2.53. The molecule has 1 amide bonds. The van der Waals surface area contributed by atoms with Gasteiger partial charge in [-0.2, -0.15) is 23.1 Å². The van der Waals surface area contributed by atoms with Crippen LogP contribution in [0.1, 0.15) is 31.5 Å². The minimum atomic E-state index is -0.0624. The van der Waals surface area contributed by atoms with Crippen molar-refractivity contribution in [3.8, 4) is 0 Å². The first-order chi connectivity index (χ1) is 8.65. The number of nitrogens with one attached hydrogen (secondary N) is 1. The van der Waals surface area contributed by atoms with Crippen LogP contribution in [0, 0.1) is 0 Å². The third-order valence-electron chi connectivity index (χ3n) is 3.93. The van der Waals surface area contributed by atoms with Crippen molar-refractivity contribution in [1.29, 1.82) is 0 Å². The van der Waals surface area contributed by atoms with Crippen LogP contribution in [0.4, 0.5) is 0 Å². The van der Waals surface area contributed by atoms with Gasteiger partial charge in [-0.15, -0.1) is 0 Å². The maximum absolute atomic E-state index is 12.3. The number of thiophene rings is 1. The van der Waals surface area contributed by atoms with E-state index in [4.69, 9.17) is 0 Å². The van der Waals surface area contributed by atoms with Gasteiger partial charge in [-0.25, -0.2) is 0 Å². The predicted octanol–water partition coefficient (Wildman–Crippen LogP) is 2.46. The lowest BCUT2D eigenvalue weighted by molar-refractivity contribution is -0.129. The molecule has 2 atom stereocenters. The van der Waals surface area contributed by atoms with Gasteiger partial charge in [-0.05, 0) is 48.4 Å². The molecule has 2 fully saturated rings. The van der Waals surface area contributed by atoms with E-state index in [0.29, 0.717) is 4.75 Å². The highest BCUT2D eigenvalue weighted by atomic mass is 32.2. The molecule has 2 heterocycles. The molecule has 5 heteroatoms. The van der Waals surface area contributed by atoms with Crippen molar-refractivity contribution in [2.75, 3.05) is 12.8 Å². The highest BCUT2D eigenvalue weighted by Gasteiger charge is 2.48. The van der Waals surface area contributed by atoms with Gasteiger partial charge in [0.2, 0.25) is 5.91 Å². The molecular formula is C13H18N2OS2. The van der Waals surface area contributed by atoms with Crippen LogP contribution in [0.25, 0.3) is 0 Å². The first-order valence-electron chi connectivity index (χ1n) is 6.29. The first kappa shape index (κ1) is 12.5. The second-order valence-electron chi connectivity index (χ2n) is 5.20. The maximum atomic E-state index is 12.3. The molecule has 18 heavy (non-hydrogen) atoms. The molecule has 1 saturated carbocycles. The highest BCUT2D eigenvalue weighted by Crippen LogP contribution is 2.49. The summed E-state index contributed by atoms with van der Waals surface area (Å²) in [5, 5.41) is 7.61. The van der Waals surface area contributed by atoms with E-state index in [9.17, 15) is 4.79 Å². The lowest BCUT2D eigenvalue weighted by Gasteiger charge is -2.27. The maximum Gasteiger partial charge on any atom is 0.241 e. The Morgan fingerprint density at radius 3 is 2.94 bits per heavy atom. The van der Waals surface area contributed by atoms with Crippen molar-refractivity contribution in [1.82, 2.24) is 10.2 Å². The van der Waals surface area contributed by atoms with Crippen LogP contribution < -0.4 is 5.32 Å². The number of carbonyl (C=O) groups is 1. The largest absolute Gasteiger partial charge is 0.320 e. The molecule has 0 bridgehead atoms. The van der Waals surface area contributed by atoms with Crippen LogP contribution in [-0.2, 0) is 4.79 Å². The van der Waals surface area contributed by atoms with Crippen molar-refractivity contribution in [3.63, 3.8) is 0 Å². The van der Waals surface area contributed by atoms with Crippen molar-refractivity contribution >= 4 is 29.0 Å². The summed E-state index contributed by atoms with van der Waals surface area (Å²) in [6.07, 6.45) is 4.71. The van der Waals surface area contributed by atoms with E-state index in [-0.39, 0.29) is 18.1 Å². The van der Waals surface area contributed by atoms with Crippen LogP contribution in [0.15, 0.2) is 16.8 Å². The average molecular weight is 282 g/mol. The number of hydrogen-bond acceptors (Lipinski definition) is 4. The molecule has 0 aromatic carbocycles. The number of hydrogen-bond donors (Lipinski definition) is 1. The average Bonchev–Trinajstić information content (AvgIpc) is 2.82. The molecule has 98 valence electrons. The Morgan fingerprint density at radius 1 is 1.61 bits per heavy atom. The summed E-state index contributed by atoms with van der Waals surface area (Å²) in [6, 6.07) is 2.05. The fourth-order valence-corrected chi connectivity index (χ4v) is 3.98. The van der Waals surface area contributed by atoms with Crippen LogP contribution in [0.3, 0.4) is 0 Å². The Bertz CT molecular complexity index is 442. The number of carbonyl (C=O) groups excluding carboxylic acids is 1. The molecule has 1 N–H and O–H groups in total. The van der Waals surface area contributed by atoms with Gasteiger partial charge in [0.1, 0.15) is 6.17 Å². The number of nitrogens with zero attached hydrogens (tertiary/aromatic N) is 1. The van der Waals surface area contributed by atoms with E-state index < -0.39 is 0 Å². The molecule has 0 radical (unpaired) electrons. The minimum absolute atomic E-state index is 0.0624. The van der Waals surface area contributed by atoms with E-state index in [0.717, 1.165) is 6.54 Å². The molecule has 1 aromatic heterocycles. The zero-order chi connectivity index (χ0) is 12.8. The second kappa shape index (κ2) is 4.54. The topological polar surface area (TPSA) is 32.3 Å².